The van der Waals surface area contributed by atoms with E-state index in [2.05, 4.69) is 60.7 Å². The molecule has 0 saturated carbocycles. The van der Waals surface area contributed by atoms with Gasteiger partial charge in [-0.2, -0.15) is 0 Å². The maximum absolute atomic E-state index is 2.30. The molecule has 2 heterocycles. The van der Waals surface area contributed by atoms with Gasteiger partial charge in [0.1, 0.15) is 0 Å². The number of benzene rings is 2. The molecule has 0 unspecified atom stereocenters. The Balaban J connectivity index is 1.95. The highest BCUT2D eigenvalue weighted by Crippen LogP contribution is 2.39. The van der Waals surface area contributed by atoms with Gasteiger partial charge in [0.05, 0.1) is 0 Å². The Bertz CT molecular complexity index is 698. The van der Waals surface area contributed by atoms with Gasteiger partial charge in [-0.15, -0.1) is 22.7 Å². The lowest BCUT2D eigenvalue weighted by molar-refractivity contribution is 1.85. The molecule has 0 atom stereocenters. The smallest absolute Gasteiger partial charge is 0.0455 e. The average Bonchev–Trinajstić information content (AvgIpc) is 3.02. The topological polar surface area (TPSA) is 0 Å². The highest BCUT2D eigenvalue weighted by atomic mass is 32.1. The van der Waals surface area contributed by atoms with Crippen LogP contribution in [-0.4, -0.2) is 0 Å². The molecule has 0 saturated heterocycles. The third kappa shape index (κ3) is 1.57. The average molecular weight is 266 g/mol. The van der Waals surface area contributed by atoms with Crippen molar-refractivity contribution < 1.29 is 0 Å². The molecule has 0 aliphatic heterocycles. The predicted molar refractivity (Wildman–Crippen MR) is 82.6 cm³/mol. The zero-order chi connectivity index (χ0) is 11.9. The Morgan fingerprint density at radius 2 is 1.00 bits per heavy atom. The first-order chi connectivity index (χ1) is 8.90. The Morgan fingerprint density at radius 1 is 0.556 bits per heavy atom. The summed E-state index contributed by atoms with van der Waals surface area (Å²) >= 11 is 3.75. The highest BCUT2D eigenvalue weighted by Gasteiger charge is 2.07. The molecule has 86 valence electrons. The van der Waals surface area contributed by atoms with Crippen LogP contribution >= 0.6 is 22.7 Å². The molecule has 0 spiro atoms. The summed E-state index contributed by atoms with van der Waals surface area (Å²) in [6.07, 6.45) is 0. The van der Waals surface area contributed by atoms with Crippen molar-refractivity contribution in [3.8, 4) is 9.75 Å². The van der Waals surface area contributed by atoms with Crippen LogP contribution in [0.5, 0.6) is 0 Å². The molecule has 0 aliphatic carbocycles. The van der Waals surface area contributed by atoms with Crippen molar-refractivity contribution in [2.45, 2.75) is 0 Å². The Labute approximate surface area is 113 Å². The van der Waals surface area contributed by atoms with E-state index in [0.717, 1.165) is 0 Å². The Hall–Kier alpha value is -1.64. The lowest BCUT2D eigenvalue weighted by Gasteiger charge is -1.86. The van der Waals surface area contributed by atoms with Gasteiger partial charge in [-0.3, -0.25) is 0 Å². The molecule has 0 fully saturated rings. The minimum atomic E-state index is 1.34. The van der Waals surface area contributed by atoms with Crippen LogP contribution < -0.4 is 0 Å². The zero-order valence-electron chi connectivity index (χ0n) is 9.59. The van der Waals surface area contributed by atoms with Crippen LogP contribution in [0.2, 0.25) is 0 Å². The molecule has 0 N–H and O–H groups in total. The molecule has 0 aliphatic rings. The van der Waals surface area contributed by atoms with Crippen molar-refractivity contribution in [2.24, 2.45) is 0 Å². The standard InChI is InChI=1S/C16H10S2/c1-3-7-13-11(5-1)9-15(17-13)16-10-12-6-2-4-8-14(12)18-16/h1-10H. The second-order valence-electron chi connectivity index (χ2n) is 4.30. The SMILES string of the molecule is c1ccc2sc(-c3cc4ccccc4s3)cc2c1. The van der Waals surface area contributed by atoms with Gasteiger partial charge in [0.25, 0.3) is 0 Å². The number of rotatable bonds is 1. The molecule has 2 aromatic heterocycles. The van der Waals surface area contributed by atoms with E-state index in [1.54, 1.807) is 0 Å². The second-order valence-corrected chi connectivity index (χ2v) is 6.46. The van der Waals surface area contributed by atoms with Crippen LogP contribution in [0.3, 0.4) is 0 Å². The predicted octanol–water partition coefficient (Wildman–Crippen LogP) is 5.78. The monoisotopic (exact) mass is 266 g/mol. The van der Waals surface area contributed by atoms with E-state index in [-0.39, 0.29) is 0 Å². The Kier molecular flexibility index (Phi) is 2.25. The second kappa shape index (κ2) is 3.94. The summed E-state index contributed by atoms with van der Waals surface area (Å²) in [6.45, 7) is 0. The molecular weight excluding hydrogens is 256 g/mol. The van der Waals surface area contributed by atoms with Crippen LogP contribution in [-0.2, 0) is 0 Å². The van der Waals surface area contributed by atoms with Gasteiger partial charge in [-0.25, -0.2) is 0 Å². The number of hydrogen-bond donors (Lipinski definition) is 0. The molecule has 0 amide bonds. The van der Waals surface area contributed by atoms with Gasteiger partial charge in [-0.1, -0.05) is 36.4 Å². The third-order valence-electron chi connectivity index (χ3n) is 3.09. The molecule has 0 nitrogen and oxygen atoms in total. The van der Waals surface area contributed by atoms with E-state index in [9.17, 15) is 0 Å². The highest BCUT2D eigenvalue weighted by molar-refractivity contribution is 7.28. The lowest BCUT2D eigenvalue weighted by Crippen LogP contribution is -1.59. The number of fused-ring (bicyclic) bond motifs is 2. The lowest BCUT2D eigenvalue weighted by atomic mass is 10.2. The van der Waals surface area contributed by atoms with Gasteiger partial charge in [-0.05, 0) is 35.0 Å². The molecule has 4 rings (SSSR count). The van der Waals surface area contributed by atoms with Gasteiger partial charge in [0.15, 0.2) is 0 Å². The maximum atomic E-state index is 2.30. The zero-order valence-corrected chi connectivity index (χ0v) is 11.2. The van der Waals surface area contributed by atoms with Crippen molar-refractivity contribution in [1.29, 1.82) is 0 Å². The maximum Gasteiger partial charge on any atom is 0.0455 e. The summed E-state index contributed by atoms with van der Waals surface area (Å²) in [5, 5.41) is 2.69. The number of hydrogen-bond acceptors (Lipinski definition) is 2. The van der Waals surface area contributed by atoms with Crippen molar-refractivity contribution in [3.63, 3.8) is 0 Å². The van der Waals surface area contributed by atoms with Crippen LogP contribution in [0.15, 0.2) is 60.7 Å². The Morgan fingerprint density at radius 3 is 1.44 bits per heavy atom. The molecule has 4 aromatic rings. The van der Waals surface area contributed by atoms with Crippen molar-refractivity contribution in [2.75, 3.05) is 0 Å². The summed E-state index contributed by atoms with van der Waals surface area (Å²) in [5.74, 6) is 0. The van der Waals surface area contributed by atoms with Crippen LogP contribution in [0.1, 0.15) is 0 Å². The van der Waals surface area contributed by atoms with E-state index in [0.29, 0.717) is 0 Å². The van der Waals surface area contributed by atoms with Crippen LogP contribution in [0.4, 0.5) is 0 Å². The van der Waals surface area contributed by atoms with Gasteiger partial charge < -0.3 is 0 Å². The molecule has 2 aromatic carbocycles. The quantitative estimate of drug-likeness (QED) is 0.409. The van der Waals surface area contributed by atoms with Crippen molar-refractivity contribution in [3.05, 3.63) is 60.7 Å². The first kappa shape index (κ1) is 10.3. The summed E-state index contributed by atoms with van der Waals surface area (Å²) in [5.41, 5.74) is 0. The molecule has 2 heteroatoms. The fourth-order valence-corrected chi connectivity index (χ4v) is 4.40. The fraction of sp³-hybridized carbons (Fsp3) is 0. The normalized spacial score (nSPS) is 11.3. The molecule has 18 heavy (non-hydrogen) atoms. The summed E-state index contributed by atoms with van der Waals surface area (Å²) in [7, 11) is 0. The van der Waals surface area contributed by atoms with E-state index in [4.69, 9.17) is 0 Å². The first-order valence-corrected chi connectivity index (χ1v) is 7.51. The van der Waals surface area contributed by atoms with Crippen LogP contribution in [0, 0.1) is 0 Å². The fourth-order valence-electron chi connectivity index (χ4n) is 2.21. The van der Waals surface area contributed by atoms with Gasteiger partial charge in [0.2, 0.25) is 0 Å². The largest absolute Gasteiger partial charge is 0.134 e. The minimum Gasteiger partial charge on any atom is -0.134 e. The summed E-state index contributed by atoms with van der Waals surface area (Å²) in [4.78, 5) is 2.75. The number of thiophene rings is 2. The molecular formula is C16H10S2. The third-order valence-corrected chi connectivity index (χ3v) is 5.52. The van der Waals surface area contributed by atoms with Crippen LogP contribution in [0.25, 0.3) is 29.9 Å². The van der Waals surface area contributed by atoms with E-state index in [1.165, 1.54) is 29.9 Å². The minimum absolute atomic E-state index is 1.34. The van der Waals surface area contributed by atoms with Gasteiger partial charge >= 0.3 is 0 Å². The van der Waals surface area contributed by atoms with E-state index in [1.807, 2.05) is 22.7 Å². The molecule has 0 radical (unpaired) electrons. The van der Waals surface area contributed by atoms with Crippen molar-refractivity contribution >= 4 is 42.8 Å². The van der Waals surface area contributed by atoms with E-state index >= 15 is 0 Å². The summed E-state index contributed by atoms with van der Waals surface area (Å²) in [6, 6.07) is 21.8. The molecule has 0 bridgehead atoms. The summed E-state index contributed by atoms with van der Waals surface area (Å²) < 4.78 is 2.73. The van der Waals surface area contributed by atoms with Gasteiger partial charge in [0, 0.05) is 19.2 Å². The van der Waals surface area contributed by atoms with E-state index < -0.39 is 0 Å². The first-order valence-electron chi connectivity index (χ1n) is 5.88. The van der Waals surface area contributed by atoms with Crippen molar-refractivity contribution in [1.82, 2.24) is 0 Å².